The molecule has 1 aliphatic heterocycles. The highest BCUT2D eigenvalue weighted by molar-refractivity contribution is 6.35. The maximum atomic E-state index is 14.4. The van der Waals surface area contributed by atoms with E-state index in [1.54, 1.807) is 6.92 Å². The number of carboxylic acids is 1. The minimum absolute atomic E-state index is 0.0970. The minimum Gasteiger partial charge on any atom is -0.481 e. The molecule has 2 aromatic heterocycles. The number of likely N-dealkylation sites (tertiary alicyclic amines) is 1. The summed E-state index contributed by atoms with van der Waals surface area (Å²) < 4.78 is 44.1. The molecular formula is C26H31Cl2F3N4O3. The summed E-state index contributed by atoms with van der Waals surface area (Å²) in [6.07, 6.45) is 0.886. The first kappa shape index (κ1) is 28.7. The molecule has 0 aromatic carbocycles. The molecule has 0 unspecified atom stereocenters. The Labute approximate surface area is 229 Å². The molecule has 208 valence electrons. The molecule has 0 bridgehead atoms. The van der Waals surface area contributed by atoms with E-state index in [1.165, 1.54) is 17.3 Å². The molecule has 0 spiro atoms. The van der Waals surface area contributed by atoms with Crippen LogP contribution in [0.3, 0.4) is 0 Å². The maximum Gasteiger partial charge on any atom is 0.433 e. The van der Waals surface area contributed by atoms with Crippen molar-refractivity contribution in [2.75, 3.05) is 6.54 Å². The van der Waals surface area contributed by atoms with Gasteiger partial charge in [0.15, 0.2) is 5.69 Å². The van der Waals surface area contributed by atoms with Crippen molar-refractivity contribution in [3.8, 4) is 0 Å². The number of carbonyl (C=O) groups is 2. The number of amides is 1. The molecule has 1 N–H and O–H groups in total. The van der Waals surface area contributed by atoms with Crippen LogP contribution >= 0.6 is 23.2 Å². The maximum absolute atomic E-state index is 14.4. The zero-order valence-corrected chi connectivity index (χ0v) is 22.9. The van der Waals surface area contributed by atoms with Crippen LogP contribution in [0, 0.1) is 17.3 Å². The van der Waals surface area contributed by atoms with Crippen molar-refractivity contribution in [2.24, 2.45) is 17.3 Å². The molecule has 1 amide bonds. The van der Waals surface area contributed by atoms with Gasteiger partial charge in [-0.1, -0.05) is 37.0 Å². The zero-order valence-electron chi connectivity index (χ0n) is 21.4. The van der Waals surface area contributed by atoms with E-state index in [0.717, 1.165) is 10.9 Å². The minimum atomic E-state index is -4.82. The number of alkyl halides is 3. The highest BCUT2D eigenvalue weighted by Crippen LogP contribution is 2.44. The molecule has 1 saturated carbocycles. The quantitative estimate of drug-likeness (QED) is 0.423. The van der Waals surface area contributed by atoms with Gasteiger partial charge in [0.2, 0.25) is 0 Å². The number of rotatable bonds is 6. The second-order valence-electron chi connectivity index (χ2n) is 11.1. The Morgan fingerprint density at radius 2 is 1.76 bits per heavy atom. The largest absolute Gasteiger partial charge is 0.481 e. The molecule has 1 saturated heterocycles. The fourth-order valence-corrected chi connectivity index (χ4v) is 6.20. The third-order valence-corrected chi connectivity index (χ3v) is 8.91. The molecule has 38 heavy (non-hydrogen) atoms. The highest BCUT2D eigenvalue weighted by Gasteiger charge is 2.46. The third kappa shape index (κ3) is 5.52. The van der Waals surface area contributed by atoms with Crippen LogP contribution in [0.4, 0.5) is 13.2 Å². The molecule has 12 heteroatoms. The molecule has 1 aliphatic carbocycles. The second kappa shape index (κ2) is 10.7. The normalized spacial score (nSPS) is 26.2. The lowest BCUT2D eigenvalue weighted by atomic mass is 9.74. The fourth-order valence-electron chi connectivity index (χ4n) is 5.68. The van der Waals surface area contributed by atoms with E-state index in [-0.39, 0.29) is 37.5 Å². The molecule has 0 radical (unpaired) electrons. The van der Waals surface area contributed by atoms with Crippen molar-refractivity contribution in [2.45, 2.75) is 77.6 Å². The lowest BCUT2D eigenvalue weighted by Crippen LogP contribution is -2.38. The number of nitrogens with zero attached hydrogens (tertiary/aromatic N) is 4. The Morgan fingerprint density at radius 1 is 1.16 bits per heavy atom. The number of halogens is 5. The standard InChI is InChI=1S/C26H31Cl2F3N4O3/c1-14(2)15-8-17(9-18-20(27)11-32-12-21(18)28)34(13-15)23(36)19-10-33-35(22(19)26(29,30)31)16-4-6-25(3,7-5-16)24(37)38/h10-12,14-17H,4-9,13H2,1-3H3,(H,37,38)/t15-,16-,17-,25-/m1/s1. The van der Waals surface area contributed by atoms with Crippen LogP contribution in [0.15, 0.2) is 18.6 Å². The first-order chi connectivity index (χ1) is 17.7. The van der Waals surface area contributed by atoms with Gasteiger partial charge < -0.3 is 10.0 Å². The topological polar surface area (TPSA) is 88.3 Å². The van der Waals surface area contributed by atoms with Crippen LogP contribution in [0.2, 0.25) is 10.0 Å². The van der Waals surface area contributed by atoms with Gasteiger partial charge in [0, 0.05) is 25.0 Å². The van der Waals surface area contributed by atoms with Gasteiger partial charge >= 0.3 is 12.1 Å². The molecule has 7 nitrogen and oxygen atoms in total. The summed E-state index contributed by atoms with van der Waals surface area (Å²) in [4.78, 5) is 30.8. The van der Waals surface area contributed by atoms with E-state index in [1.807, 2.05) is 13.8 Å². The van der Waals surface area contributed by atoms with Gasteiger partial charge in [0.25, 0.3) is 5.91 Å². The Bertz CT molecular complexity index is 1190. The van der Waals surface area contributed by atoms with E-state index < -0.39 is 46.8 Å². The van der Waals surface area contributed by atoms with Gasteiger partial charge in [-0.2, -0.15) is 18.3 Å². The number of aromatic nitrogens is 3. The summed E-state index contributed by atoms with van der Waals surface area (Å²) in [6, 6.07) is -1.05. The number of hydrogen-bond donors (Lipinski definition) is 1. The van der Waals surface area contributed by atoms with E-state index in [9.17, 15) is 27.9 Å². The Morgan fingerprint density at radius 3 is 2.29 bits per heavy atom. The monoisotopic (exact) mass is 574 g/mol. The van der Waals surface area contributed by atoms with Gasteiger partial charge in [-0.05, 0) is 62.8 Å². The van der Waals surface area contributed by atoms with Gasteiger partial charge in [-0.3, -0.25) is 19.3 Å². The first-order valence-corrected chi connectivity index (χ1v) is 13.5. The summed E-state index contributed by atoms with van der Waals surface area (Å²) in [5.41, 5.74) is -1.96. The van der Waals surface area contributed by atoms with Crippen LogP contribution in [-0.4, -0.2) is 49.2 Å². The fraction of sp³-hybridized carbons (Fsp3) is 0.615. The zero-order chi connectivity index (χ0) is 28.0. The molecule has 2 aliphatic rings. The summed E-state index contributed by atoms with van der Waals surface area (Å²) in [5.74, 6) is -1.38. The molecule has 4 rings (SSSR count). The molecule has 3 heterocycles. The van der Waals surface area contributed by atoms with Crippen LogP contribution in [0.1, 0.15) is 80.5 Å². The van der Waals surface area contributed by atoms with Crippen molar-refractivity contribution in [1.82, 2.24) is 19.7 Å². The van der Waals surface area contributed by atoms with Gasteiger partial charge in [-0.15, -0.1) is 0 Å². The number of carbonyl (C=O) groups excluding carboxylic acids is 1. The van der Waals surface area contributed by atoms with Gasteiger partial charge in [-0.25, -0.2) is 0 Å². The SMILES string of the molecule is CC(C)[C@@H]1C[C@H](Cc2c(Cl)cncc2Cl)N(C(=O)c2cnn([C@H]3CC[C@](C)(C(=O)O)CC3)c2C(F)(F)F)C1. The average molecular weight is 575 g/mol. The predicted molar refractivity (Wildman–Crippen MR) is 136 cm³/mol. The van der Waals surface area contributed by atoms with Crippen LogP contribution in [-0.2, 0) is 17.4 Å². The van der Waals surface area contributed by atoms with Crippen LogP contribution < -0.4 is 0 Å². The average Bonchev–Trinajstić information content (AvgIpc) is 3.47. The summed E-state index contributed by atoms with van der Waals surface area (Å²) in [5, 5.41) is 14.2. The third-order valence-electron chi connectivity index (χ3n) is 8.26. The van der Waals surface area contributed by atoms with Crippen molar-refractivity contribution in [1.29, 1.82) is 0 Å². The molecule has 2 aromatic rings. The first-order valence-electron chi connectivity index (χ1n) is 12.7. The van der Waals surface area contributed by atoms with E-state index in [4.69, 9.17) is 23.2 Å². The van der Waals surface area contributed by atoms with E-state index in [0.29, 0.717) is 35.0 Å². The lowest BCUT2D eigenvalue weighted by molar-refractivity contribution is -0.152. The van der Waals surface area contributed by atoms with E-state index in [2.05, 4.69) is 10.1 Å². The highest BCUT2D eigenvalue weighted by atomic mass is 35.5. The molecule has 2 fully saturated rings. The predicted octanol–water partition coefficient (Wildman–Crippen LogP) is 6.54. The molecule has 2 atom stereocenters. The number of pyridine rings is 1. The van der Waals surface area contributed by atoms with Crippen LogP contribution in [0.5, 0.6) is 0 Å². The summed E-state index contributed by atoms with van der Waals surface area (Å²) in [7, 11) is 0. The number of hydrogen-bond acceptors (Lipinski definition) is 4. The Hall–Kier alpha value is -2.33. The molecular weight excluding hydrogens is 544 g/mol. The summed E-state index contributed by atoms with van der Waals surface area (Å²) >= 11 is 12.6. The lowest BCUT2D eigenvalue weighted by Gasteiger charge is -2.34. The van der Waals surface area contributed by atoms with Crippen molar-refractivity contribution in [3.63, 3.8) is 0 Å². The van der Waals surface area contributed by atoms with Crippen LogP contribution in [0.25, 0.3) is 0 Å². The van der Waals surface area contributed by atoms with Crippen molar-refractivity contribution < 1.29 is 27.9 Å². The number of carboxylic acid groups (broad SMARTS) is 1. The van der Waals surface area contributed by atoms with Gasteiger partial charge in [0.05, 0.1) is 33.3 Å². The Balaban J connectivity index is 1.66. The Kier molecular flexibility index (Phi) is 8.06. The van der Waals surface area contributed by atoms with Crippen molar-refractivity contribution >= 4 is 35.1 Å². The summed E-state index contributed by atoms with van der Waals surface area (Å²) in [6.45, 7) is 5.96. The smallest absolute Gasteiger partial charge is 0.433 e. The van der Waals surface area contributed by atoms with E-state index >= 15 is 0 Å². The van der Waals surface area contributed by atoms with Gasteiger partial charge in [0.1, 0.15) is 0 Å². The van der Waals surface area contributed by atoms with Crippen molar-refractivity contribution in [3.05, 3.63) is 45.5 Å². The second-order valence-corrected chi connectivity index (χ2v) is 11.9. The number of aliphatic carboxylic acids is 1.